The molecule has 0 spiro atoms. The second-order valence-corrected chi connectivity index (χ2v) is 35.3. The third-order valence-corrected chi connectivity index (χ3v) is 20.2. The molecule has 12 aromatic rings. The van der Waals surface area contributed by atoms with Crippen molar-refractivity contribution in [1.82, 2.24) is 29.9 Å². The number of aliphatic hydroxyl groups is 6. The van der Waals surface area contributed by atoms with E-state index in [1.807, 2.05) is 192 Å². The topological polar surface area (TPSA) is 199 Å². The summed E-state index contributed by atoms with van der Waals surface area (Å²) in [7, 11) is 0. The minimum absolute atomic E-state index is 0. The molecule has 0 bridgehead atoms. The van der Waals surface area contributed by atoms with Crippen LogP contribution in [-0.2, 0) is 60.3 Å². The summed E-state index contributed by atoms with van der Waals surface area (Å²) in [5, 5.41) is 55.7. The fourth-order valence-electron chi connectivity index (χ4n) is 11.5. The van der Waals surface area contributed by atoms with E-state index in [9.17, 15) is 77.5 Å². The largest absolute Gasteiger partial charge is 0.459 e. The van der Waals surface area contributed by atoms with Crippen molar-refractivity contribution < 1.29 is 148 Å². The molecule has 129 heavy (non-hydrogen) atoms. The SMILES string of the molecule is CC(C)(C)C(O)CC(O)C(C)(C)C.CC(C)(C)C(O)CC(O)C(F)(F)C(F)(F)C(F)(F)F.CC(C)(C)C(O)CC(O)C(F)(F)F.Cc1c[c-]c(-c2ncc(-c3cccc(F)c3)nc2-c2ccc(C)cc2)cc1.Cc1c[c-]c(-c2ncc(-c3cccc(F)c3)nc2-c2ccc(C)cc2)cc1.Cc1c[c-]c(-c2ncc(-c3cccc(F)c3)nc2-c2ccc(C)cc2)cc1.[Ir].[Ir].[Ir]. The molecule has 699 valence electrons. The molecule has 3 heterocycles. The zero-order valence-electron chi connectivity index (χ0n) is 74.7. The molecule has 0 aliphatic carbocycles. The maximum Gasteiger partial charge on any atom is 0.459 e. The molecule has 0 saturated carbocycles. The number of benzene rings is 9. The van der Waals surface area contributed by atoms with E-state index in [1.54, 1.807) is 57.6 Å². The number of rotatable bonds is 17. The number of nitrogens with zero attached hydrogens (tertiary/aromatic N) is 6. The molecule has 28 heteroatoms. The molecule has 3 aromatic heterocycles. The van der Waals surface area contributed by atoms with E-state index in [0.717, 1.165) is 84.2 Å². The minimum Gasteiger partial charge on any atom is -0.392 e. The van der Waals surface area contributed by atoms with Crippen molar-refractivity contribution in [3.63, 3.8) is 0 Å². The van der Waals surface area contributed by atoms with Crippen LogP contribution in [-0.4, -0.2) is 121 Å². The van der Waals surface area contributed by atoms with Gasteiger partial charge >= 0.3 is 24.2 Å². The Balaban J connectivity index is 0.000000331. The number of halogens is 13. The van der Waals surface area contributed by atoms with E-state index in [1.165, 1.54) is 73.9 Å². The zero-order valence-corrected chi connectivity index (χ0v) is 81.8. The third kappa shape index (κ3) is 33.1. The summed E-state index contributed by atoms with van der Waals surface area (Å²) >= 11 is 0. The first-order valence-electron chi connectivity index (χ1n) is 40.5. The molecule has 0 fully saturated rings. The van der Waals surface area contributed by atoms with Gasteiger partial charge in [-0.3, -0.25) is 15.0 Å². The Morgan fingerprint density at radius 2 is 0.519 bits per heavy atom. The van der Waals surface area contributed by atoms with Crippen LogP contribution in [0.5, 0.6) is 0 Å². The van der Waals surface area contributed by atoms with Crippen LogP contribution in [0, 0.1) is 98.9 Å². The molecule has 0 aliphatic rings. The Bertz CT molecular complexity index is 4980. The molecule has 12 nitrogen and oxygen atoms in total. The van der Waals surface area contributed by atoms with Crippen molar-refractivity contribution in [2.24, 2.45) is 21.7 Å². The van der Waals surface area contributed by atoms with Crippen molar-refractivity contribution in [3.8, 4) is 101 Å². The summed E-state index contributed by atoms with van der Waals surface area (Å²) in [6.07, 6.45) is -17.1. The van der Waals surface area contributed by atoms with Gasteiger partial charge in [0.2, 0.25) is 0 Å². The van der Waals surface area contributed by atoms with E-state index in [-0.39, 0.29) is 88.6 Å². The Morgan fingerprint density at radius 1 is 0.287 bits per heavy atom. The van der Waals surface area contributed by atoms with Crippen LogP contribution in [0.1, 0.15) is 136 Å². The van der Waals surface area contributed by atoms with Crippen molar-refractivity contribution in [2.45, 2.75) is 205 Å². The monoisotopic (exact) mass is 2330 g/mol. The van der Waals surface area contributed by atoms with Gasteiger partial charge in [0.25, 0.3) is 0 Å². The molecule has 12 rings (SSSR count). The van der Waals surface area contributed by atoms with Crippen LogP contribution in [0.2, 0.25) is 0 Å². The first kappa shape index (κ1) is 112. The first-order valence-corrected chi connectivity index (χ1v) is 40.5. The fraction of sp³-hybridized carbons (Fsp3) is 0.347. The standard InChI is InChI=1S/3C24H18FN2.C11H24O2.C10H15F7O2.C8H15F3O2.3Ir/c3*1-16-6-10-18(11-7-16)23-24(19-12-8-17(2)9-13-19)27-22(15-26-23)20-4-3-5-21(25)14-20;1-10(2,3)8(12)7-9(13)11(4,5)6;1-7(2,3)5(18)4-6(19)8(11,12)9(13,14)10(15,16)17;1-7(2,3)5(12)4-6(13)8(9,10)11;;;/h3*3-10,12-15H,1-2H3;8-9,12-13H,7H2,1-6H3;5-6,18-19H,4H2,1-3H3;5-6,12-13H,4H2,1-3H3;;;/q3*-1;;;;;;. The van der Waals surface area contributed by atoms with E-state index >= 15 is 0 Å². The summed E-state index contributed by atoms with van der Waals surface area (Å²) in [6.45, 7) is 33.0. The molecule has 0 saturated heterocycles. The average Bonchev–Trinajstić information content (AvgIpc) is 0.766. The second kappa shape index (κ2) is 47.9. The van der Waals surface area contributed by atoms with Crippen LogP contribution in [0.3, 0.4) is 0 Å². The number of alkyl halides is 10. The Hall–Kier alpha value is -8.98. The fourth-order valence-corrected chi connectivity index (χ4v) is 11.5. The molecular formula is C101H108F13Ir3N6O6-3. The van der Waals surface area contributed by atoms with Crippen LogP contribution in [0.4, 0.5) is 57.1 Å². The van der Waals surface area contributed by atoms with Gasteiger partial charge in [-0.05, 0) is 95.5 Å². The summed E-state index contributed by atoms with van der Waals surface area (Å²) in [6, 6.07) is 71.5. The first-order chi connectivity index (χ1) is 58.4. The number of aryl methyl sites for hydroxylation is 6. The Labute approximate surface area is 788 Å². The molecule has 3 radical (unpaired) electrons. The van der Waals surface area contributed by atoms with Gasteiger partial charge in [0.05, 0.1) is 58.6 Å². The second-order valence-electron chi connectivity index (χ2n) is 35.3. The summed E-state index contributed by atoms with van der Waals surface area (Å²) in [4.78, 5) is 28.5. The van der Waals surface area contributed by atoms with Crippen LogP contribution < -0.4 is 0 Å². The zero-order chi connectivity index (χ0) is 94.0. The predicted octanol–water partition coefficient (Wildman–Crippen LogP) is 25.0. The van der Waals surface area contributed by atoms with Gasteiger partial charge in [-0.15, -0.1) is 106 Å². The maximum absolute atomic E-state index is 13.6. The van der Waals surface area contributed by atoms with Crippen molar-refractivity contribution in [2.75, 3.05) is 0 Å². The summed E-state index contributed by atoms with van der Waals surface area (Å²) < 4.78 is 163. The normalized spacial score (nSPS) is 13.2. The van der Waals surface area contributed by atoms with E-state index < -0.39 is 84.5 Å². The van der Waals surface area contributed by atoms with E-state index in [0.29, 0.717) is 40.2 Å². The Kier molecular flexibility index (Phi) is 41.7. The smallest absolute Gasteiger partial charge is 0.392 e. The maximum atomic E-state index is 13.6. The molecule has 6 N–H and O–H groups in total. The molecular weight excluding hydrogens is 2220 g/mol. The molecule has 6 atom stereocenters. The predicted molar refractivity (Wildman–Crippen MR) is 470 cm³/mol. The van der Waals surface area contributed by atoms with Crippen LogP contribution >= 0.6 is 0 Å². The summed E-state index contributed by atoms with van der Waals surface area (Å²) in [5.41, 5.74) is 19.1. The minimum atomic E-state index is -6.50. The van der Waals surface area contributed by atoms with Gasteiger partial charge in [0.1, 0.15) is 23.6 Å². The van der Waals surface area contributed by atoms with Crippen molar-refractivity contribution >= 4 is 0 Å². The van der Waals surface area contributed by atoms with Crippen molar-refractivity contribution in [3.05, 3.63) is 288 Å². The van der Waals surface area contributed by atoms with Gasteiger partial charge in [0, 0.05) is 132 Å². The number of hydrogen-bond donors (Lipinski definition) is 6. The average molecular weight is 2330 g/mol. The molecule has 0 amide bonds. The van der Waals surface area contributed by atoms with Gasteiger partial charge in [-0.1, -0.05) is 230 Å². The molecule has 0 aliphatic heterocycles. The number of aliphatic hydroxyl groups excluding tert-OH is 6. The van der Waals surface area contributed by atoms with E-state index in [4.69, 9.17) is 25.2 Å². The van der Waals surface area contributed by atoms with Gasteiger partial charge in [0.15, 0.2) is 6.10 Å². The van der Waals surface area contributed by atoms with Crippen LogP contribution in [0.25, 0.3) is 101 Å². The van der Waals surface area contributed by atoms with Crippen molar-refractivity contribution in [1.29, 1.82) is 0 Å². The quantitative estimate of drug-likeness (QED) is 0.0373. The van der Waals surface area contributed by atoms with Gasteiger partial charge in [-0.2, -0.15) is 43.9 Å². The van der Waals surface area contributed by atoms with E-state index in [2.05, 4.69) is 69.5 Å². The summed E-state index contributed by atoms with van der Waals surface area (Å²) in [5.74, 6) is -13.0. The Morgan fingerprint density at radius 3 is 0.729 bits per heavy atom. The van der Waals surface area contributed by atoms with Gasteiger partial charge in [-0.25, -0.2) is 13.2 Å². The number of aromatic nitrogens is 6. The number of hydrogen-bond acceptors (Lipinski definition) is 12. The third-order valence-electron chi connectivity index (χ3n) is 20.2. The van der Waals surface area contributed by atoms with Gasteiger partial charge < -0.3 is 45.6 Å². The molecule has 6 unspecified atom stereocenters. The molecule has 9 aromatic carbocycles. The van der Waals surface area contributed by atoms with Crippen LogP contribution in [0.15, 0.2) is 219 Å².